The van der Waals surface area contributed by atoms with Gasteiger partial charge in [-0.1, -0.05) is 30.3 Å². The molecule has 0 unspecified atom stereocenters. The standard InChI is InChI=1S/C10H8ClF2NO/c1-6(11)10(15)14-8-4-2-3-7(5-8)9(12)13/h2-5,9H,1H2,(H,14,15). The van der Waals surface area contributed by atoms with Crippen LogP contribution in [0, 0.1) is 0 Å². The molecule has 15 heavy (non-hydrogen) atoms. The molecule has 0 fully saturated rings. The van der Waals surface area contributed by atoms with Crippen LogP contribution >= 0.6 is 11.6 Å². The first kappa shape index (κ1) is 11.7. The van der Waals surface area contributed by atoms with Crippen LogP contribution in [-0.2, 0) is 4.79 Å². The zero-order chi connectivity index (χ0) is 11.4. The van der Waals surface area contributed by atoms with Crippen LogP contribution in [0.25, 0.3) is 0 Å². The van der Waals surface area contributed by atoms with Gasteiger partial charge in [-0.15, -0.1) is 0 Å². The van der Waals surface area contributed by atoms with E-state index in [1.54, 1.807) is 0 Å². The van der Waals surface area contributed by atoms with Gasteiger partial charge in [-0.25, -0.2) is 8.78 Å². The maximum atomic E-state index is 12.3. The van der Waals surface area contributed by atoms with Crippen molar-refractivity contribution in [1.29, 1.82) is 0 Å². The Morgan fingerprint density at radius 2 is 2.13 bits per heavy atom. The molecule has 0 saturated carbocycles. The summed E-state index contributed by atoms with van der Waals surface area (Å²) in [6.07, 6.45) is -2.57. The minimum Gasteiger partial charge on any atom is -0.321 e. The maximum absolute atomic E-state index is 12.3. The molecule has 0 heterocycles. The van der Waals surface area contributed by atoms with E-state index in [1.807, 2.05) is 0 Å². The zero-order valence-electron chi connectivity index (χ0n) is 7.64. The second kappa shape index (κ2) is 4.89. The summed E-state index contributed by atoms with van der Waals surface area (Å²) in [4.78, 5) is 11.1. The van der Waals surface area contributed by atoms with Crippen LogP contribution in [0.5, 0.6) is 0 Å². The smallest absolute Gasteiger partial charge is 0.266 e. The molecule has 0 radical (unpaired) electrons. The first-order valence-electron chi connectivity index (χ1n) is 4.04. The third kappa shape index (κ3) is 3.32. The molecule has 1 aromatic carbocycles. The third-order valence-corrected chi connectivity index (χ3v) is 1.81. The molecular formula is C10H8ClF2NO. The molecule has 2 nitrogen and oxygen atoms in total. The van der Waals surface area contributed by atoms with Gasteiger partial charge >= 0.3 is 0 Å². The topological polar surface area (TPSA) is 29.1 Å². The van der Waals surface area contributed by atoms with E-state index in [9.17, 15) is 13.6 Å². The summed E-state index contributed by atoms with van der Waals surface area (Å²) in [6, 6.07) is 5.37. The lowest BCUT2D eigenvalue weighted by Crippen LogP contribution is -2.10. The summed E-state index contributed by atoms with van der Waals surface area (Å²) in [7, 11) is 0. The molecule has 0 aliphatic heterocycles. The van der Waals surface area contributed by atoms with Gasteiger partial charge in [0.15, 0.2) is 0 Å². The van der Waals surface area contributed by atoms with Gasteiger partial charge in [0.2, 0.25) is 0 Å². The van der Waals surface area contributed by atoms with E-state index < -0.39 is 12.3 Å². The van der Waals surface area contributed by atoms with Crippen molar-refractivity contribution in [3.05, 3.63) is 41.4 Å². The Hall–Kier alpha value is -1.42. The largest absolute Gasteiger partial charge is 0.321 e. The van der Waals surface area contributed by atoms with Gasteiger partial charge < -0.3 is 5.32 Å². The summed E-state index contributed by atoms with van der Waals surface area (Å²) in [6.45, 7) is 3.21. The second-order valence-corrected chi connectivity index (χ2v) is 3.24. The molecule has 0 bridgehead atoms. The molecule has 5 heteroatoms. The molecule has 0 atom stereocenters. The molecule has 1 rings (SSSR count). The second-order valence-electron chi connectivity index (χ2n) is 2.79. The molecule has 1 aromatic rings. The van der Waals surface area contributed by atoms with Crippen molar-refractivity contribution in [2.75, 3.05) is 5.32 Å². The van der Waals surface area contributed by atoms with Crippen LogP contribution < -0.4 is 5.32 Å². The number of anilines is 1. The van der Waals surface area contributed by atoms with E-state index in [0.29, 0.717) is 0 Å². The van der Waals surface area contributed by atoms with Crippen LogP contribution in [0.4, 0.5) is 14.5 Å². The minimum absolute atomic E-state index is 0.159. The summed E-state index contributed by atoms with van der Waals surface area (Å²) in [5.74, 6) is -0.608. The lowest BCUT2D eigenvalue weighted by atomic mass is 10.2. The van der Waals surface area contributed by atoms with Crippen molar-refractivity contribution < 1.29 is 13.6 Å². The van der Waals surface area contributed by atoms with Crippen LogP contribution in [0.3, 0.4) is 0 Å². The number of hydrogen-bond acceptors (Lipinski definition) is 1. The highest BCUT2D eigenvalue weighted by Crippen LogP contribution is 2.21. The van der Waals surface area contributed by atoms with Crippen molar-refractivity contribution in [2.24, 2.45) is 0 Å². The number of halogens is 3. The maximum Gasteiger partial charge on any atom is 0.266 e. The van der Waals surface area contributed by atoms with E-state index in [4.69, 9.17) is 11.6 Å². The Bertz CT molecular complexity index is 393. The summed E-state index contributed by atoms with van der Waals surface area (Å²) < 4.78 is 24.6. The van der Waals surface area contributed by atoms with Crippen LogP contribution in [0.2, 0.25) is 0 Å². The lowest BCUT2D eigenvalue weighted by molar-refractivity contribution is -0.112. The zero-order valence-corrected chi connectivity index (χ0v) is 8.39. The molecule has 0 aliphatic carbocycles. The molecule has 0 aliphatic rings. The van der Waals surface area contributed by atoms with Gasteiger partial charge in [-0.3, -0.25) is 4.79 Å². The average molecular weight is 232 g/mol. The van der Waals surface area contributed by atoms with Gasteiger partial charge in [0, 0.05) is 11.3 Å². The predicted octanol–water partition coefficient (Wildman–Crippen LogP) is 3.32. The first-order chi connectivity index (χ1) is 7.00. The highest BCUT2D eigenvalue weighted by Gasteiger charge is 2.09. The Morgan fingerprint density at radius 1 is 1.47 bits per heavy atom. The highest BCUT2D eigenvalue weighted by atomic mass is 35.5. The fourth-order valence-corrected chi connectivity index (χ4v) is 0.998. The van der Waals surface area contributed by atoms with Gasteiger partial charge in [-0.2, -0.15) is 0 Å². The van der Waals surface area contributed by atoms with Gasteiger partial charge in [-0.05, 0) is 12.1 Å². The monoisotopic (exact) mass is 231 g/mol. The summed E-state index contributed by atoms with van der Waals surface area (Å²) >= 11 is 5.33. The van der Waals surface area contributed by atoms with E-state index >= 15 is 0 Å². The highest BCUT2D eigenvalue weighted by molar-refractivity contribution is 6.43. The molecule has 80 valence electrons. The quantitative estimate of drug-likeness (QED) is 0.795. The SMILES string of the molecule is C=C(Cl)C(=O)Nc1cccc(C(F)F)c1. The van der Waals surface area contributed by atoms with Gasteiger partial charge in [0.05, 0.1) is 5.03 Å². The van der Waals surface area contributed by atoms with Crippen molar-refractivity contribution in [1.82, 2.24) is 0 Å². The normalized spacial score (nSPS) is 10.1. The van der Waals surface area contributed by atoms with Crippen LogP contribution in [0.1, 0.15) is 12.0 Å². The van der Waals surface area contributed by atoms with E-state index in [2.05, 4.69) is 11.9 Å². The van der Waals surface area contributed by atoms with Crippen LogP contribution in [0.15, 0.2) is 35.9 Å². The minimum atomic E-state index is -2.57. The number of nitrogens with one attached hydrogen (secondary N) is 1. The Kier molecular flexibility index (Phi) is 3.80. The number of hydrogen-bond donors (Lipinski definition) is 1. The number of benzene rings is 1. The van der Waals surface area contributed by atoms with Crippen molar-refractivity contribution in [3.8, 4) is 0 Å². The number of alkyl halides is 2. The fourth-order valence-electron chi connectivity index (χ4n) is 0.951. The third-order valence-electron chi connectivity index (χ3n) is 1.64. The molecule has 0 saturated heterocycles. The first-order valence-corrected chi connectivity index (χ1v) is 4.42. The molecular weight excluding hydrogens is 224 g/mol. The lowest BCUT2D eigenvalue weighted by Gasteiger charge is -2.05. The Labute approximate surface area is 90.5 Å². The average Bonchev–Trinajstić information content (AvgIpc) is 2.18. The molecule has 0 spiro atoms. The number of carbonyl (C=O) groups excluding carboxylic acids is 1. The summed E-state index contributed by atoms with van der Waals surface area (Å²) in [5, 5.41) is 2.14. The van der Waals surface area contributed by atoms with Crippen molar-refractivity contribution in [3.63, 3.8) is 0 Å². The van der Waals surface area contributed by atoms with Gasteiger partial charge in [0.25, 0.3) is 12.3 Å². The number of amides is 1. The molecule has 1 amide bonds. The summed E-state index contributed by atoms with van der Waals surface area (Å²) in [5.41, 5.74) is 0.104. The Morgan fingerprint density at radius 3 is 2.67 bits per heavy atom. The molecule has 1 N–H and O–H groups in total. The molecule has 0 aromatic heterocycles. The predicted molar refractivity (Wildman–Crippen MR) is 55.0 cm³/mol. The van der Waals surface area contributed by atoms with Crippen molar-refractivity contribution in [2.45, 2.75) is 6.43 Å². The van der Waals surface area contributed by atoms with E-state index in [-0.39, 0.29) is 16.3 Å². The van der Waals surface area contributed by atoms with E-state index in [1.165, 1.54) is 24.3 Å². The van der Waals surface area contributed by atoms with Gasteiger partial charge in [0.1, 0.15) is 0 Å². The fraction of sp³-hybridized carbons (Fsp3) is 0.100. The number of carbonyl (C=O) groups is 1. The number of rotatable bonds is 3. The van der Waals surface area contributed by atoms with E-state index in [0.717, 1.165) is 0 Å². The van der Waals surface area contributed by atoms with Crippen molar-refractivity contribution >= 4 is 23.2 Å². The van der Waals surface area contributed by atoms with Crippen LogP contribution in [-0.4, -0.2) is 5.91 Å². The Balaban J connectivity index is 2.82.